The van der Waals surface area contributed by atoms with E-state index in [0.29, 0.717) is 0 Å². The number of rotatable bonds is 7. The fourth-order valence-corrected chi connectivity index (χ4v) is 3.41. The van der Waals surface area contributed by atoms with Crippen LogP contribution in [0.15, 0.2) is 84.9 Å². The summed E-state index contributed by atoms with van der Waals surface area (Å²) in [6.07, 6.45) is 3.30. The van der Waals surface area contributed by atoms with Crippen molar-refractivity contribution in [2.45, 2.75) is 37.9 Å². The fraction of sp³-hybridized carbons (Fsp3) is 0.250. The van der Waals surface area contributed by atoms with Crippen molar-refractivity contribution >= 4 is 5.69 Å². The van der Waals surface area contributed by atoms with Crippen molar-refractivity contribution in [3.63, 3.8) is 0 Å². The summed E-state index contributed by atoms with van der Waals surface area (Å²) in [7, 11) is 0. The second-order valence-electron chi connectivity index (χ2n) is 7.53. The third-order valence-corrected chi connectivity index (χ3v) is 5.18. The lowest BCUT2D eigenvalue weighted by Gasteiger charge is -2.26. The maximum absolute atomic E-state index is 6.27. The topological polar surface area (TPSA) is 29.3 Å². The maximum atomic E-state index is 6.27. The van der Waals surface area contributed by atoms with Crippen molar-refractivity contribution in [2.75, 3.05) is 4.90 Å². The molecule has 1 aliphatic rings. The van der Waals surface area contributed by atoms with Gasteiger partial charge in [-0.25, -0.2) is 0 Å². The van der Waals surface area contributed by atoms with Gasteiger partial charge < -0.3 is 10.6 Å². The van der Waals surface area contributed by atoms with Crippen LogP contribution in [0.3, 0.4) is 0 Å². The van der Waals surface area contributed by atoms with Crippen LogP contribution in [0, 0.1) is 0 Å². The van der Waals surface area contributed by atoms with Crippen molar-refractivity contribution in [1.82, 2.24) is 0 Å². The first-order valence-electron chi connectivity index (χ1n) is 9.41. The smallest absolute Gasteiger partial charge is 0.0433 e. The summed E-state index contributed by atoms with van der Waals surface area (Å²) in [5.41, 5.74) is 11.6. The Balaban J connectivity index is 1.55. The zero-order chi connectivity index (χ0) is 17.8. The zero-order valence-corrected chi connectivity index (χ0v) is 15.1. The van der Waals surface area contributed by atoms with Gasteiger partial charge in [-0.05, 0) is 48.1 Å². The van der Waals surface area contributed by atoms with Gasteiger partial charge in [-0.3, -0.25) is 0 Å². The predicted molar refractivity (Wildman–Crippen MR) is 109 cm³/mol. The van der Waals surface area contributed by atoms with E-state index in [9.17, 15) is 0 Å². The van der Waals surface area contributed by atoms with Crippen LogP contribution in [-0.4, -0.2) is 5.54 Å². The van der Waals surface area contributed by atoms with Crippen LogP contribution in [0.2, 0.25) is 0 Å². The van der Waals surface area contributed by atoms with E-state index in [-0.39, 0.29) is 5.54 Å². The number of hydrogen-bond acceptors (Lipinski definition) is 2. The van der Waals surface area contributed by atoms with Crippen LogP contribution in [0.4, 0.5) is 5.69 Å². The van der Waals surface area contributed by atoms with Crippen LogP contribution < -0.4 is 10.6 Å². The Morgan fingerprint density at radius 3 is 1.62 bits per heavy atom. The van der Waals surface area contributed by atoms with Gasteiger partial charge in [0.2, 0.25) is 0 Å². The minimum absolute atomic E-state index is 0.0648. The van der Waals surface area contributed by atoms with Gasteiger partial charge in [-0.2, -0.15) is 0 Å². The first-order valence-corrected chi connectivity index (χ1v) is 9.41. The summed E-state index contributed by atoms with van der Waals surface area (Å²) in [6.45, 7) is 1.80. The summed E-state index contributed by atoms with van der Waals surface area (Å²) in [4.78, 5) is 2.43. The SMILES string of the molecule is NC1(Cc2ccc(N(Cc3ccccc3)Cc3ccccc3)cc2)CC1. The molecule has 132 valence electrons. The summed E-state index contributed by atoms with van der Waals surface area (Å²) in [6, 6.07) is 30.3. The Morgan fingerprint density at radius 2 is 1.15 bits per heavy atom. The molecule has 2 heteroatoms. The second-order valence-corrected chi connectivity index (χ2v) is 7.53. The van der Waals surface area contributed by atoms with Crippen molar-refractivity contribution < 1.29 is 0 Å². The van der Waals surface area contributed by atoms with E-state index >= 15 is 0 Å². The standard InChI is InChI=1S/C24H26N2/c25-24(15-16-24)17-20-11-13-23(14-12-20)26(18-21-7-3-1-4-8-21)19-22-9-5-2-6-10-22/h1-14H,15-19,25H2. The number of benzene rings is 3. The van der Waals surface area contributed by atoms with Gasteiger partial charge in [0.25, 0.3) is 0 Å². The summed E-state index contributed by atoms with van der Waals surface area (Å²) < 4.78 is 0. The Labute approximate surface area is 156 Å². The van der Waals surface area contributed by atoms with Crippen LogP contribution >= 0.6 is 0 Å². The third-order valence-electron chi connectivity index (χ3n) is 5.18. The lowest BCUT2D eigenvalue weighted by atomic mass is 10.0. The lowest BCUT2D eigenvalue weighted by molar-refractivity contribution is 0.672. The Bertz CT molecular complexity index is 780. The number of nitrogens with zero attached hydrogens (tertiary/aromatic N) is 1. The van der Waals surface area contributed by atoms with Gasteiger partial charge in [-0.15, -0.1) is 0 Å². The van der Waals surface area contributed by atoms with Crippen molar-refractivity contribution in [2.24, 2.45) is 5.73 Å². The number of hydrogen-bond donors (Lipinski definition) is 1. The highest BCUT2D eigenvalue weighted by Gasteiger charge is 2.37. The van der Waals surface area contributed by atoms with Crippen LogP contribution in [0.25, 0.3) is 0 Å². The molecule has 2 nitrogen and oxygen atoms in total. The minimum Gasteiger partial charge on any atom is -0.363 e. The number of anilines is 1. The first-order chi connectivity index (χ1) is 12.7. The summed E-state index contributed by atoms with van der Waals surface area (Å²) >= 11 is 0. The van der Waals surface area contributed by atoms with Gasteiger partial charge in [0.1, 0.15) is 0 Å². The van der Waals surface area contributed by atoms with E-state index in [1.54, 1.807) is 0 Å². The van der Waals surface area contributed by atoms with Gasteiger partial charge in [-0.1, -0.05) is 72.8 Å². The van der Waals surface area contributed by atoms with Crippen molar-refractivity contribution in [1.29, 1.82) is 0 Å². The van der Waals surface area contributed by atoms with Gasteiger partial charge >= 0.3 is 0 Å². The van der Waals surface area contributed by atoms with E-state index in [2.05, 4.69) is 89.8 Å². The van der Waals surface area contributed by atoms with Crippen LogP contribution in [-0.2, 0) is 19.5 Å². The van der Waals surface area contributed by atoms with Gasteiger partial charge in [0, 0.05) is 24.3 Å². The van der Waals surface area contributed by atoms with Crippen molar-refractivity contribution in [3.05, 3.63) is 102 Å². The molecular weight excluding hydrogens is 316 g/mol. The zero-order valence-electron chi connectivity index (χ0n) is 15.1. The molecule has 0 radical (unpaired) electrons. The van der Waals surface area contributed by atoms with Gasteiger partial charge in [0.15, 0.2) is 0 Å². The molecule has 0 aromatic heterocycles. The normalized spacial score (nSPS) is 14.8. The Kier molecular flexibility index (Phi) is 4.77. The molecule has 0 aliphatic heterocycles. The molecule has 1 saturated carbocycles. The summed E-state index contributed by atoms with van der Waals surface area (Å²) in [5, 5.41) is 0. The molecule has 0 amide bonds. The molecule has 2 N–H and O–H groups in total. The van der Waals surface area contributed by atoms with E-state index < -0.39 is 0 Å². The third kappa shape index (κ3) is 4.33. The molecule has 0 bridgehead atoms. The summed E-state index contributed by atoms with van der Waals surface area (Å²) in [5.74, 6) is 0. The molecule has 26 heavy (non-hydrogen) atoms. The molecular formula is C24H26N2. The number of nitrogens with two attached hydrogens (primary N) is 1. The van der Waals surface area contributed by atoms with E-state index in [1.807, 2.05) is 0 Å². The highest BCUT2D eigenvalue weighted by atomic mass is 15.1. The average molecular weight is 342 g/mol. The molecule has 4 rings (SSSR count). The fourth-order valence-electron chi connectivity index (χ4n) is 3.41. The predicted octanol–water partition coefficient (Wildman–Crippen LogP) is 4.93. The van der Waals surface area contributed by atoms with E-state index in [1.165, 1.54) is 22.4 Å². The average Bonchev–Trinajstić information content (AvgIpc) is 3.40. The molecule has 0 unspecified atom stereocenters. The van der Waals surface area contributed by atoms with Crippen LogP contribution in [0.5, 0.6) is 0 Å². The highest BCUT2D eigenvalue weighted by Crippen LogP contribution is 2.36. The molecule has 0 atom stereocenters. The van der Waals surface area contributed by atoms with E-state index in [0.717, 1.165) is 32.4 Å². The Morgan fingerprint density at radius 1 is 0.654 bits per heavy atom. The lowest BCUT2D eigenvalue weighted by Crippen LogP contribution is -2.24. The van der Waals surface area contributed by atoms with Gasteiger partial charge in [0.05, 0.1) is 0 Å². The van der Waals surface area contributed by atoms with E-state index in [4.69, 9.17) is 5.73 Å². The molecule has 1 aliphatic carbocycles. The first kappa shape index (κ1) is 16.9. The molecule has 3 aromatic carbocycles. The monoisotopic (exact) mass is 342 g/mol. The highest BCUT2D eigenvalue weighted by molar-refractivity contribution is 5.49. The Hall–Kier alpha value is -2.58. The molecule has 1 fully saturated rings. The largest absolute Gasteiger partial charge is 0.363 e. The van der Waals surface area contributed by atoms with Crippen LogP contribution in [0.1, 0.15) is 29.5 Å². The van der Waals surface area contributed by atoms with Crippen molar-refractivity contribution in [3.8, 4) is 0 Å². The molecule has 0 heterocycles. The minimum atomic E-state index is 0.0648. The molecule has 3 aromatic rings. The molecule has 0 spiro atoms. The maximum Gasteiger partial charge on any atom is 0.0433 e. The quantitative estimate of drug-likeness (QED) is 0.660. The molecule has 0 saturated heterocycles. The second kappa shape index (κ2) is 7.35.